The lowest BCUT2D eigenvalue weighted by Gasteiger charge is -1.91. The summed E-state index contributed by atoms with van der Waals surface area (Å²) in [5.41, 5.74) is 4.76. The third-order valence-corrected chi connectivity index (χ3v) is 1.76. The molecule has 1 heterocycles. The number of rotatable bonds is 0. The van der Waals surface area contributed by atoms with Crippen molar-refractivity contribution in [2.75, 3.05) is 0 Å². The molecule has 0 aliphatic carbocycles. The molecular formula is C8H6NO3+. The Kier molecular flexibility index (Phi) is 1.25. The molecular weight excluding hydrogens is 158 g/mol. The number of benzene rings is 1. The van der Waals surface area contributed by atoms with Gasteiger partial charge >= 0.3 is 11.9 Å². The number of esters is 2. The van der Waals surface area contributed by atoms with E-state index in [2.05, 4.69) is 10.5 Å². The maximum atomic E-state index is 11.0. The highest BCUT2D eigenvalue weighted by Crippen LogP contribution is 2.23. The third kappa shape index (κ3) is 0.754. The molecule has 0 bridgehead atoms. The van der Waals surface area contributed by atoms with Crippen LogP contribution in [-0.2, 0) is 4.74 Å². The first-order valence-electron chi connectivity index (χ1n) is 3.41. The van der Waals surface area contributed by atoms with E-state index in [4.69, 9.17) is 0 Å². The third-order valence-electron chi connectivity index (χ3n) is 1.76. The Morgan fingerprint density at radius 2 is 1.92 bits per heavy atom. The van der Waals surface area contributed by atoms with E-state index in [-0.39, 0.29) is 0 Å². The summed E-state index contributed by atoms with van der Waals surface area (Å²) in [4.78, 5) is 22.0. The molecule has 0 unspecified atom stereocenters. The number of quaternary nitrogens is 1. The Bertz CT molecular complexity index is 384. The minimum Gasteiger partial charge on any atom is -0.385 e. The molecule has 0 saturated carbocycles. The highest BCUT2D eigenvalue weighted by molar-refractivity contribution is 6.16. The lowest BCUT2D eigenvalue weighted by molar-refractivity contribution is -0.255. The summed E-state index contributed by atoms with van der Waals surface area (Å²) < 4.78 is 4.39. The molecule has 2 rings (SSSR count). The average molecular weight is 164 g/mol. The minimum absolute atomic E-state index is 0.294. The van der Waals surface area contributed by atoms with Crippen molar-refractivity contribution in [2.45, 2.75) is 0 Å². The molecule has 0 aromatic heterocycles. The van der Waals surface area contributed by atoms with Gasteiger partial charge in [0.05, 0.1) is 5.56 Å². The average Bonchev–Trinajstić information content (AvgIpc) is 2.29. The van der Waals surface area contributed by atoms with E-state index in [0.29, 0.717) is 16.8 Å². The number of hydrogen-bond acceptors (Lipinski definition) is 3. The van der Waals surface area contributed by atoms with Gasteiger partial charge in [0.15, 0.2) is 0 Å². The van der Waals surface area contributed by atoms with E-state index < -0.39 is 11.9 Å². The van der Waals surface area contributed by atoms with Gasteiger partial charge in [0, 0.05) is 0 Å². The monoisotopic (exact) mass is 164 g/mol. The summed E-state index contributed by atoms with van der Waals surface area (Å²) in [6, 6.07) is 4.89. The Balaban J connectivity index is 2.75. The van der Waals surface area contributed by atoms with Crippen LogP contribution in [0.3, 0.4) is 0 Å². The van der Waals surface area contributed by atoms with Crippen molar-refractivity contribution in [3.05, 3.63) is 29.3 Å². The van der Waals surface area contributed by atoms with E-state index >= 15 is 0 Å². The van der Waals surface area contributed by atoms with Crippen LogP contribution < -0.4 is 5.73 Å². The molecule has 1 aliphatic rings. The smallest absolute Gasteiger partial charge is 0.353 e. The maximum absolute atomic E-state index is 11.0. The van der Waals surface area contributed by atoms with Gasteiger partial charge in [-0.15, -0.1) is 0 Å². The van der Waals surface area contributed by atoms with E-state index in [1.165, 1.54) is 0 Å². The highest BCUT2D eigenvalue weighted by Gasteiger charge is 2.32. The molecule has 0 radical (unpaired) electrons. The van der Waals surface area contributed by atoms with Gasteiger partial charge in [0.25, 0.3) is 0 Å². The van der Waals surface area contributed by atoms with E-state index in [1.807, 2.05) is 0 Å². The first-order chi connectivity index (χ1) is 5.70. The quantitative estimate of drug-likeness (QED) is 0.429. The number of carbonyl (C=O) groups is 2. The number of carbonyl (C=O) groups excluding carboxylic acids is 2. The van der Waals surface area contributed by atoms with Crippen molar-refractivity contribution in [3.8, 4) is 0 Å². The van der Waals surface area contributed by atoms with Crippen LogP contribution in [0.1, 0.15) is 20.7 Å². The number of fused-ring (bicyclic) bond motifs is 1. The molecule has 1 aromatic rings. The first kappa shape index (κ1) is 7.00. The molecule has 4 nitrogen and oxygen atoms in total. The summed E-state index contributed by atoms with van der Waals surface area (Å²) in [7, 11) is 0. The van der Waals surface area contributed by atoms with Crippen LogP contribution in [-0.4, -0.2) is 11.9 Å². The zero-order valence-electron chi connectivity index (χ0n) is 6.16. The second-order valence-electron chi connectivity index (χ2n) is 2.52. The Morgan fingerprint density at radius 3 is 2.58 bits per heavy atom. The minimum atomic E-state index is -0.597. The van der Waals surface area contributed by atoms with Crippen molar-refractivity contribution in [3.63, 3.8) is 0 Å². The lowest BCUT2D eigenvalue weighted by Crippen LogP contribution is -2.41. The SMILES string of the molecule is [NH3+]c1cccc2c1C(=O)OC2=O. The number of cyclic esters (lactones) is 2. The molecule has 1 aromatic carbocycles. The van der Waals surface area contributed by atoms with Gasteiger partial charge in [0.1, 0.15) is 11.3 Å². The molecule has 12 heavy (non-hydrogen) atoms. The summed E-state index contributed by atoms with van der Waals surface area (Å²) in [6.45, 7) is 0. The molecule has 4 heteroatoms. The van der Waals surface area contributed by atoms with Crippen LogP contribution in [0.4, 0.5) is 5.69 Å². The second kappa shape index (κ2) is 2.15. The summed E-state index contributed by atoms with van der Waals surface area (Å²) in [6.07, 6.45) is 0. The fourth-order valence-corrected chi connectivity index (χ4v) is 1.20. The first-order valence-corrected chi connectivity index (χ1v) is 3.41. The van der Waals surface area contributed by atoms with E-state index in [0.717, 1.165) is 0 Å². The Labute approximate surface area is 67.9 Å². The van der Waals surface area contributed by atoms with Crippen molar-refractivity contribution < 1.29 is 20.1 Å². The number of ether oxygens (including phenoxy) is 1. The predicted molar refractivity (Wildman–Crippen MR) is 38.7 cm³/mol. The van der Waals surface area contributed by atoms with Crippen molar-refractivity contribution >= 4 is 17.6 Å². The van der Waals surface area contributed by atoms with E-state index in [9.17, 15) is 9.59 Å². The molecule has 3 N–H and O–H groups in total. The van der Waals surface area contributed by atoms with Gasteiger partial charge in [-0.3, -0.25) is 0 Å². The van der Waals surface area contributed by atoms with Crippen LogP contribution in [0.15, 0.2) is 18.2 Å². The van der Waals surface area contributed by atoms with Crippen LogP contribution >= 0.6 is 0 Å². The highest BCUT2D eigenvalue weighted by atomic mass is 16.6. The van der Waals surface area contributed by atoms with E-state index in [1.54, 1.807) is 18.2 Å². The van der Waals surface area contributed by atoms with Gasteiger partial charge < -0.3 is 10.5 Å². The van der Waals surface area contributed by atoms with Crippen LogP contribution in [0.25, 0.3) is 0 Å². The summed E-state index contributed by atoms with van der Waals surface area (Å²) in [5, 5.41) is 0. The Hall–Kier alpha value is -1.68. The molecule has 1 aliphatic heterocycles. The topological polar surface area (TPSA) is 71.0 Å². The Morgan fingerprint density at radius 1 is 1.17 bits per heavy atom. The maximum Gasteiger partial charge on any atom is 0.353 e. The van der Waals surface area contributed by atoms with Gasteiger partial charge in [0.2, 0.25) is 0 Å². The van der Waals surface area contributed by atoms with Crippen molar-refractivity contribution in [1.82, 2.24) is 0 Å². The summed E-state index contributed by atoms with van der Waals surface area (Å²) in [5.74, 6) is -1.18. The number of hydrogen-bond donors (Lipinski definition) is 1. The van der Waals surface area contributed by atoms with Gasteiger partial charge in [-0.05, 0) is 12.1 Å². The molecule has 0 atom stereocenters. The normalized spacial score (nSPS) is 14.4. The summed E-state index contributed by atoms with van der Waals surface area (Å²) >= 11 is 0. The standard InChI is InChI=1S/C8H5NO3/c9-5-3-1-2-4-6(5)8(11)12-7(4)10/h1-3H,9H2/p+1. The van der Waals surface area contributed by atoms with Crippen molar-refractivity contribution in [2.24, 2.45) is 0 Å². The predicted octanol–water partition coefficient (Wildman–Crippen LogP) is -0.129. The molecule has 0 spiro atoms. The van der Waals surface area contributed by atoms with Gasteiger partial charge in [-0.2, -0.15) is 0 Å². The second-order valence-corrected chi connectivity index (χ2v) is 2.52. The van der Waals surface area contributed by atoms with Crippen LogP contribution in [0.2, 0.25) is 0 Å². The zero-order chi connectivity index (χ0) is 8.72. The molecule has 0 amide bonds. The largest absolute Gasteiger partial charge is 0.385 e. The molecule has 60 valence electrons. The lowest BCUT2D eigenvalue weighted by atomic mass is 10.1. The van der Waals surface area contributed by atoms with Crippen LogP contribution in [0.5, 0.6) is 0 Å². The zero-order valence-corrected chi connectivity index (χ0v) is 6.16. The fraction of sp³-hybridized carbons (Fsp3) is 0. The van der Waals surface area contributed by atoms with Gasteiger partial charge in [-0.1, -0.05) is 6.07 Å². The molecule has 0 fully saturated rings. The molecule has 0 saturated heterocycles. The van der Waals surface area contributed by atoms with Gasteiger partial charge in [-0.25, -0.2) is 9.59 Å². The van der Waals surface area contributed by atoms with Crippen LogP contribution in [0, 0.1) is 0 Å². The van der Waals surface area contributed by atoms with Crippen molar-refractivity contribution in [1.29, 1.82) is 0 Å². The fourth-order valence-electron chi connectivity index (χ4n) is 1.20.